The summed E-state index contributed by atoms with van der Waals surface area (Å²) in [4.78, 5) is 11.7. The molecule has 0 radical (unpaired) electrons. The number of benzene rings is 1. The Morgan fingerprint density at radius 2 is 2.00 bits per heavy atom. The number of nitrogens with zero attached hydrogens (tertiary/aromatic N) is 1. The van der Waals surface area contributed by atoms with Gasteiger partial charge in [-0.2, -0.15) is 0 Å². The van der Waals surface area contributed by atoms with Gasteiger partial charge in [-0.15, -0.1) is 0 Å². The van der Waals surface area contributed by atoms with E-state index in [-0.39, 0.29) is 19.1 Å². The van der Waals surface area contributed by atoms with Gasteiger partial charge < -0.3 is 15.0 Å². The van der Waals surface area contributed by atoms with Gasteiger partial charge in [-0.3, -0.25) is 4.79 Å². The van der Waals surface area contributed by atoms with Crippen LogP contribution in [0.3, 0.4) is 0 Å². The molecule has 0 unspecified atom stereocenters. The molecule has 2 rings (SSSR count). The molecule has 0 aliphatic heterocycles. The van der Waals surface area contributed by atoms with Crippen LogP contribution in [0.25, 0.3) is 5.69 Å². The topological polar surface area (TPSA) is 54.3 Å². The average Bonchev–Trinajstić information content (AvgIpc) is 2.90. The molecule has 0 saturated carbocycles. The maximum atomic E-state index is 11.7. The van der Waals surface area contributed by atoms with Gasteiger partial charge in [0.05, 0.1) is 6.61 Å². The van der Waals surface area contributed by atoms with Gasteiger partial charge in [-0.05, 0) is 30.3 Å². The molecular formula is C13H14N2O2. The highest BCUT2D eigenvalue weighted by molar-refractivity contribution is 5.94. The van der Waals surface area contributed by atoms with E-state index in [9.17, 15) is 4.79 Å². The van der Waals surface area contributed by atoms with Crippen LogP contribution < -0.4 is 5.32 Å². The van der Waals surface area contributed by atoms with Crippen molar-refractivity contribution in [1.82, 2.24) is 9.88 Å². The highest BCUT2D eigenvalue weighted by Gasteiger charge is 2.05. The smallest absolute Gasteiger partial charge is 0.251 e. The molecule has 0 saturated heterocycles. The molecule has 0 fully saturated rings. The Balaban J connectivity index is 2.20. The van der Waals surface area contributed by atoms with Gasteiger partial charge in [0.25, 0.3) is 5.91 Å². The fraction of sp³-hybridized carbons (Fsp3) is 0.154. The molecule has 4 nitrogen and oxygen atoms in total. The van der Waals surface area contributed by atoms with Gasteiger partial charge in [0.2, 0.25) is 0 Å². The summed E-state index contributed by atoms with van der Waals surface area (Å²) in [7, 11) is 0. The fourth-order valence-electron chi connectivity index (χ4n) is 1.59. The molecule has 1 aromatic carbocycles. The molecule has 1 heterocycles. The Morgan fingerprint density at radius 3 is 2.71 bits per heavy atom. The largest absolute Gasteiger partial charge is 0.395 e. The molecule has 1 aromatic heterocycles. The summed E-state index contributed by atoms with van der Waals surface area (Å²) < 4.78 is 1.93. The molecule has 2 N–H and O–H groups in total. The molecular weight excluding hydrogens is 216 g/mol. The van der Waals surface area contributed by atoms with Crippen molar-refractivity contribution >= 4 is 5.91 Å². The predicted molar refractivity (Wildman–Crippen MR) is 65.2 cm³/mol. The molecule has 0 atom stereocenters. The van der Waals surface area contributed by atoms with Crippen LogP contribution in [0.5, 0.6) is 0 Å². The summed E-state index contributed by atoms with van der Waals surface area (Å²) in [5, 5.41) is 11.3. The Labute approximate surface area is 99.5 Å². The normalized spacial score (nSPS) is 10.2. The van der Waals surface area contributed by atoms with E-state index in [1.54, 1.807) is 6.07 Å². The number of carbonyl (C=O) groups is 1. The average molecular weight is 230 g/mol. The number of amides is 1. The van der Waals surface area contributed by atoms with Crippen LogP contribution in [-0.4, -0.2) is 28.7 Å². The number of aliphatic hydroxyl groups is 1. The van der Waals surface area contributed by atoms with Crippen molar-refractivity contribution in [2.24, 2.45) is 0 Å². The summed E-state index contributed by atoms with van der Waals surface area (Å²) in [6.07, 6.45) is 3.84. The summed E-state index contributed by atoms with van der Waals surface area (Å²) in [5.41, 5.74) is 1.52. The molecule has 17 heavy (non-hydrogen) atoms. The van der Waals surface area contributed by atoms with Gasteiger partial charge in [0.1, 0.15) is 0 Å². The van der Waals surface area contributed by atoms with Gasteiger partial charge in [-0.25, -0.2) is 0 Å². The van der Waals surface area contributed by atoms with Crippen LogP contribution in [0.1, 0.15) is 10.4 Å². The van der Waals surface area contributed by atoms with E-state index in [4.69, 9.17) is 5.11 Å². The van der Waals surface area contributed by atoms with E-state index >= 15 is 0 Å². The zero-order valence-electron chi connectivity index (χ0n) is 9.34. The lowest BCUT2D eigenvalue weighted by molar-refractivity contribution is 0.0945. The first-order valence-corrected chi connectivity index (χ1v) is 5.44. The third-order valence-corrected chi connectivity index (χ3v) is 2.41. The quantitative estimate of drug-likeness (QED) is 0.829. The zero-order valence-corrected chi connectivity index (χ0v) is 9.34. The molecule has 2 aromatic rings. The lowest BCUT2D eigenvalue weighted by Crippen LogP contribution is -2.26. The van der Waals surface area contributed by atoms with E-state index in [0.717, 1.165) is 5.69 Å². The number of hydrogen-bond acceptors (Lipinski definition) is 2. The second kappa shape index (κ2) is 5.32. The maximum Gasteiger partial charge on any atom is 0.251 e. The van der Waals surface area contributed by atoms with E-state index in [0.29, 0.717) is 5.56 Å². The van der Waals surface area contributed by atoms with Crippen molar-refractivity contribution in [1.29, 1.82) is 0 Å². The first-order chi connectivity index (χ1) is 8.31. The molecule has 0 spiro atoms. The minimum Gasteiger partial charge on any atom is -0.395 e. The number of carbonyl (C=O) groups excluding carboxylic acids is 1. The first kappa shape index (κ1) is 11.4. The molecule has 1 amide bonds. The van der Waals surface area contributed by atoms with Crippen LogP contribution in [-0.2, 0) is 0 Å². The van der Waals surface area contributed by atoms with Crippen molar-refractivity contribution in [2.75, 3.05) is 13.2 Å². The third-order valence-electron chi connectivity index (χ3n) is 2.41. The standard InChI is InChI=1S/C13H14N2O2/c16-9-6-14-13(17)11-4-3-5-12(10-11)15-7-1-2-8-15/h1-5,7-8,10,16H,6,9H2,(H,14,17). The van der Waals surface area contributed by atoms with E-state index in [1.165, 1.54) is 0 Å². The van der Waals surface area contributed by atoms with Crippen molar-refractivity contribution < 1.29 is 9.90 Å². The Hall–Kier alpha value is -2.07. The highest BCUT2D eigenvalue weighted by Crippen LogP contribution is 2.10. The number of hydrogen-bond donors (Lipinski definition) is 2. The van der Waals surface area contributed by atoms with E-state index < -0.39 is 0 Å². The first-order valence-electron chi connectivity index (χ1n) is 5.44. The zero-order chi connectivity index (χ0) is 12.1. The third kappa shape index (κ3) is 2.73. The second-order valence-electron chi connectivity index (χ2n) is 3.62. The fourth-order valence-corrected chi connectivity index (χ4v) is 1.59. The van der Waals surface area contributed by atoms with Gasteiger partial charge in [0, 0.05) is 30.2 Å². The number of nitrogens with one attached hydrogen (secondary N) is 1. The molecule has 0 aliphatic rings. The van der Waals surface area contributed by atoms with Gasteiger partial charge in [-0.1, -0.05) is 6.07 Å². The van der Waals surface area contributed by atoms with Gasteiger partial charge >= 0.3 is 0 Å². The molecule has 88 valence electrons. The lowest BCUT2D eigenvalue weighted by atomic mass is 10.2. The SMILES string of the molecule is O=C(NCCO)c1cccc(-n2cccc2)c1. The highest BCUT2D eigenvalue weighted by atomic mass is 16.3. The van der Waals surface area contributed by atoms with E-state index in [2.05, 4.69) is 5.32 Å². The maximum absolute atomic E-state index is 11.7. The Kier molecular flexibility index (Phi) is 3.57. The molecule has 0 bridgehead atoms. The van der Waals surface area contributed by atoms with Crippen molar-refractivity contribution in [3.8, 4) is 5.69 Å². The van der Waals surface area contributed by atoms with Crippen LogP contribution in [0.2, 0.25) is 0 Å². The summed E-state index contributed by atoms with van der Waals surface area (Å²) in [5.74, 6) is -0.173. The molecule has 4 heteroatoms. The van der Waals surface area contributed by atoms with Crippen LogP contribution >= 0.6 is 0 Å². The minimum absolute atomic E-state index is 0.0525. The predicted octanol–water partition coefficient (Wildman–Crippen LogP) is 1.20. The Morgan fingerprint density at radius 1 is 1.24 bits per heavy atom. The van der Waals surface area contributed by atoms with Crippen LogP contribution in [0.15, 0.2) is 48.8 Å². The summed E-state index contributed by atoms with van der Waals surface area (Å²) >= 11 is 0. The summed E-state index contributed by atoms with van der Waals surface area (Å²) in [6.45, 7) is 0.218. The number of aromatic nitrogens is 1. The Bertz CT molecular complexity index is 492. The number of aliphatic hydroxyl groups excluding tert-OH is 1. The van der Waals surface area contributed by atoms with Crippen LogP contribution in [0, 0.1) is 0 Å². The van der Waals surface area contributed by atoms with E-state index in [1.807, 2.05) is 47.3 Å². The van der Waals surface area contributed by atoms with Gasteiger partial charge in [0.15, 0.2) is 0 Å². The van der Waals surface area contributed by atoms with Crippen molar-refractivity contribution in [3.05, 3.63) is 54.4 Å². The van der Waals surface area contributed by atoms with Crippen molar-refractivity contribution in [2.45, 2.75) is 0 Å². The number of rotatable bonds is 4. The summed E-state index contributed by atoms with van der Waals surface area (Å²) in [6, 6.07) is 11.2. The van der Waals surface area contributed by atoms with Crippen LogP contribution in [0.4, 0.5) is 0 Å². The monoisotopic (exact) mass is 230 g/mol. The molecule has 0 aliphatic carbocycles. The second-order valence-corrected chi connectivity index (χ2v) is 3.62. The minimum atomic E-state index is -0.173. The van der Waals surface area contributed by atoms with Crippen molar-refractivity contribution in [3.63, 3.8) is 0 Å². The lowest BCUT2D eigenvalue weighted by Gasteiger charge is -2.06.